The molecule has 8 aromatic rings. The fourth-order valence-corrected chi connectivity index (χ4v) is 6.73. The summed E-state index contributed by atoms with van der Waals surface area (Å²) in [6, 6.07) is 49.5. The highest BCUT2D eigenvalue weighted by atomic mass is 32.1. The molecule has 0 bridgehead atoms. The molecule has 6 aromatic carbocycles. The van der Waals surface area contributed by atoms with Gasteiger partial charge in [0.15, 0.2) is 5.58 Å². The van der Waals surface area contributed by atoms with Crippen molar-refractivity contribution in [2.75, 3.05) is 4.90 Å². The van der Waals surface area contributed by atoms with E-state index in [1.165, 1.54) is 31.3 Å². The van der Waals surface area contributed by atoms with Gasteiger partial charge in [0.25, 0.3) is 0 Å². The quantitative estimate of drug-likeness (QED) is 0.231. The third-order valence-electron chi connectivity index (χ3n) is 7.45. The average molecular weight is 518 g/mol. The third-order valence-corrected chi connectivity index (χ3v) is 8.61. The Bertz CT molecular complexity index is 2140. The second kappa shape index (κ2) is 8.87. The first kappa shape index (κ1) is 22.2. The van der Waals surface area contributed by atoms with Crippen LogP contribution in [0.15, 0.2) is 144 Å². The van der Waals surface area contributed by atoms with Gasteiger partial charge < -0.3 is 9.32 Å². The molecule has 0 aliphatic heterocycles. The van der Waals surface area contributed by atoms with Crippen molar-refractivity contribution in [1.82, 2.24) is 0 Å². The lowest BCUT2D eigenvalue weighted by atomic mass is 10.0. The molecular weight excluding hydrogens is 494 g/mol. The molecule has 0 aliphatic carbocycles. The molecule has 0 spiro atoms. The second-order valence-corrected chi connectivity index (χ2v) is 10.9. The number of hydrogen-bond acceptors (Lipinski definition) is 3. The van der Waals surface area contributed by atoms with Crippen molar-refractivity contribution in [2.24, 2.45) is 0 Å². The maximum absolute atomic E-state index is 6.46. The van der Waals surface area contributed by atoms with Gasteiger partial charge in [-0.05, 0) is 65.7 Å². The highest BCUT2D eigenvalue weighted by Crippen LogP contribution is 2.43. The molecule has 0 saturated heterocycles. The van der Waals surface area contributed by atoms with Crippen molar-refractivity contribution < 1.29 is 4.42 Å². The monoisotopic (exact) mass is 517 g/mol. The van der Waals surface area contributed by atoms with E-state index in [1.54, 1.807) is 0 Å². The Morgan fingerprint density at radius 3 is 2.08 bits per heavy atom. The summed E-state index contributed by atoms with van der Waals surface area (Å²) < 4.78 is 9.11. The first-order valence-corrected chi connectivity index (χ1v) is 13.9. The molecule has 184 valence electrons. The Morgan fingerprint density at radius 2 is 1.15 bits per heavy atom. The zero-order valence-corrected chi connectivity index (χ0v) is 21.9. The zero-order valence-electron chi connectivity index (χ0n) is 21.0. The minimum Gasteiger partial charge on any atom is -0.454 e. The number of rotatable bonds is 4. The van der Waals surface area contributed by atoms with Crippen LogP contribution in [0.5, 0.6) is 0 Å². The number of nitrogens with zero attached hydrogens (tertiary/aromatic N) is 1. The van der Waals surface area contributed by atoms with Gasteiger partial charge in [-0.1, -0.05) is 84.9 Å². The van der Waals surface area contributed by atoms with E-state index in [-0.39, 0.29) is 0 Å². The zero-order chi connectivity index (χ0) is 25.8. The van der Waals surface area contributed by atoms with E-state index >= 15 is 0 Å². The predicted molar refractivity (Wildman–Crippen MR) is 167 cm³/mol. The van der Waals surface area contributed by atoms with Crippen LogP contribution >= 0.6 is 11.3 Å². The standard InChI is InChI=1S/C36H23NOS/c1-2-11-26(12-3-1)37(32-17-9-16-30-28-14-4-6-18-33(28)38-36(30)32)27-13-8-10-24(22-27)25-20-21-35-31(23-25)29-15-5-7-19-34(29)39-35/h1-23H. The van der Waals surface area contributed by atoms with Crippen molar-refractivity contribution >= 4 is 70.5 Å². The molecule has 0 N–H and O–H groups in total. The van der Waals surface area contributed by atoms with Crippen molar-refractivity contribution in [3.63, 3.8) is 0 Å². The molecule has 0 saturated carbocycles. The fourth-order valence-electron chi connectivity index (χ4n) is 5.64. The molecule has 0 unspecified atom stereocenters. The molecule has 39 heavy (non-hydrogen) atoms. The lowest BCUT2D eigenvalue weighted by Gasteiger charge is -2.26. The van der Waals surface area contributed by atoms with Gasteiger partial charge in [-0.3, -0.25) is 0 Å². The number of hydrogen-bond donors (Lipinski definition) is 0. The second-order valence-electron chi connectivity index (χ2n) is 9.78. The molecule has 2 aromatic heterocycles. The fraction of sp³-hybridized carbons (Fsp3) is 0. The van der Waals surface area contributed by atoms with E-state index in [1.807, 2.05) is 23.5 Å². The first-order valence-electron chi connectivity index (χ1n) is 13.1. The van der Waals surface area contributed by atoms with Crippen LogP contribution in [0.4, 0.5) is 17.1 Å². The van der Waals surface area contributed by atoms with Gasteiger partial charge in [-0.15, -0.1) is 11.3 Å². The van der Waals surface area contributed by atoms with E-state index in [9.17, 15) is 0 Å². The maximum atomic E-state index is 6.46. The van der Waals surface area contributed by atoms with Crippen LogP contribution in [-0.4, -0.2) is 0 Å². The summed E-state index contributed by atoms with van der Waals surface area (Å²) in [5.74, 6) is 0. The number of para-hydroxylation sites is 3. The summed E-state index contributed by atoms with van der Waals surface area (Å²) in [4.78, 5) is 2.30. The molecule has 2 nitrogen and oxygen atoms in total. The summed E-state index contributed by atoms with van der Waals surface area (Å²) >= 11 is 1.85. The lowest BCUT2D eigenvalue weighted by molar-refractivity contribution is 0.669. The van der Waals surface area contributed by atoms with E-state index in [0.717, 1.165) is 39.0 Å². The van der Waals surface area contributed by atoms with Crippen LogP contribution in [0.2, 0.25) is 0 Å². The van der Waals surface area contributed by atoms with Gasteiger partial charge in [-0.25, -0.2) is 0 Å². The summed E-state index contributed by atoms with van der Waals surface area (Å²) in [7, 11) is 0. The van der Waals surface area contributed by atoms with Crippen molar-refractivity contribution in [3.05, 3.63) is 140 Å². The SMILES string of the molecule is c1ccc(N(c2cccc(-c3ccc4sc5ccccc5c4c3)c2)c2cccc3c2oc2ccccc23)cc1. The largest absolute Gasteiger partial charge is 0.454 e. The summed E-state index contributed by atoms with van der Waals surface area (Å²) in [5.41, 5.74) is 7.37. The molecule has 8 rings (SSSR count). The average Bonchev–Trinajstić information content (AvgIpc) is 3.57. The van der Waals surface area contributed by atoms with Crippen molar-refractivity contribution in [3.8, 4) is 11.1 Å². The smallest absolute Gasteiger partial charge is 0.159 e. The molecular formula is C36H23NOS. The Hall–Kier alpha value is -4.86. The van der Waals surface area contributed by atoms with E-state index in [4.69, 9.17) is 4.42 Å². The third kappa shape index (κ3) is 3.63. The highest BCUT2D eigenvalue weighted by molar-refractivity contribution is 7.25. The molecule has 2 heterocycles. The molecule has 3 heteroatoms. The number of thiophene rings is 1. The minimum absolute atomic E-state index is 0.888. The van der Waals surface area contributed by atoms with E-state index in [0.29, 0.717) is 0 Å². The van der Waals surface area contributed by atoms with Gasteiger partial charge in [0.05, 0.1) is 5.69 Å². The molecule has 0 atom stereocenters. The summed E-state index contributed by atoms with van der Waals surface area (Å²) in [6.45, 7) is 0. The van der Waals surface area contributed by atoms with Crippen LogP contribution in [0.3, 0.4) is 0 Å². The first-order chi connectivity index (χ1) is 19.3. The van der Waals surface area contributed by atoms with Crippen molar-refractivity contribution in [2.45, 2.75) is 0 Å². The van der Waals surface area contributed by atoms with Crippen LogP contribution in [0.25, 0.3) is 53.2 Å². The van der Waals surface area contributed by atoms with Crippen molar-refractivity contribution in [1.29, 1.82) is 0 Å². The molecule has 0 fully saturated rings. The number of anilines is 3. The molecule has 0 radical (unpaired) electrons. The predicted octanol–water partition coefficient (Wildman–Crippen LogP) is 11.1. The maximum Gasteiger partial charge on any atom is 0.159 e. The van der Waals surface area contributed by atoms with E-state index < -0.39 is 0 Å². The Balaban J connectivity index is 1.32. The summed E-state index contributed by atoms with van der Waals surface area (Å²) in [6.07, 6.45) is 0. The lowest BCUT2D eigenvalue weighted by Crippen LogP contribution is -2.10. The van der Waals surface area contributed by atoms with Crippen LogP contribution in [0.1, 0.15) is 0 Å². The topological polar surface area (TPSA) is 16.4 Å². The Kier molecular flexibility index (Phi) is 5.04. The van der Waals surface area contributed by atoms with Gasteiger partial charge in [-0.2, -0.15) is 0 Å². The van der Waals surface area contributed by atoms with Crippen LogP contribution in [0, 0.1) is 0 Å². The minimum atomic E-state index is 0.888. The molecule has 0 amide bonds. The van der Waals surface area contributed by atoms with Gasteiger partial charge >= 0.3 is 0 Å². The van der Waals surface area contributed by atoms with Crippen LogP contribution in [-0.2, 0) is 0 Å². The number of fused-ring (bicyclic) bond motifs is 6. The van der Waals surface area contributed by atoms with Gasteiger partial charge in [0.1, 0.15) is 5.58 Å². The summed E-state index contributed by atoms with van der Waals surface area (Å²) in [5, 5.41) is 4.88. The molecule has 0 aliphatic rings. The van der Waals surface area contributed by atoms with Gasteiger partial charge in [0, 0.05) is 42.3 Å². The normalized spacial score (nSPS) is 11.6. The van der Waals surface area contributed by atoms with Gasteiger partial charge in [0.2, 0.25) is 0 Å². The van der Waals surface area contributed by atoms with E-state index in [2.05, 4.69) is 132 Å². The number of benzene rings is 6. The Morgan fingerprint density at radius 1 is 0.462 bits per heavy atom. The number of furan rings is 1. The Labute approximate surface area is 230 Å². The highest BCUT2D eigenvalue weighted by Gasteiger charge is 2.19. The van der Waals surface area contributed by atoms with Crippen LogP contribution < -0.4 is 4.90 Å².